The van der Waals surface area contributed by atoms with E-state index in [0.29, 0.717) is 17.7 Å². The highest BCUT2D eigenvalue weighted by molar-refractivity contribution is 6.35. The quantitative estimate of drug-likeness (QED) is 0.472. The van der Waals surface area contributed by atoms with Crippen LogP contribution >= 0.6 is 12.4 Å². The molecule has 0 aliphatic carbocycles. The highest BCUT2D eigenvalue weighted by atomic mass is 35.5. The summed E-state index contributed by atoms with van der Waals surface area (Å²) in [5, 5.41) is 3.98. The number of benzene rings is 2. The largest absolute Gasteiger partial charge is 0.361 e. The summed E-state index contributed by atoms with van der Waals surface area (Å²) in [6.45, 7) is 2.42. The lowest BCUT2D eigenvalue weighted by Gasteiger charge is -2.25. The number of amides is 1. The van der Waals surface area contributed by atoms with Crippen molar-refractivity contribution in [3.63, 3.8) is 0 Å². The first-order valence-electron chi connectivity index (χ1n) is 10.2. The molecule has 1 fully saturated rings. The van der Waals surface area contributed by atoms with Crippen molar-refractivity contribution < 1.29 is 9.59 Å². The fraction of sp³-hybridized carbons (Fsp3) is 0.250. The molecule has 30 heavy (non-hydrogen) atoms. The molecule has 2 N–H and O–H groups in total. The zero-order chi connectivity index (χ0) is 19.8. The van der Waals surface area contributed by atoms with Crippen LogP contribution in [-0.2, 0) is 4.79 Å². The van der Waals surface area contributed by atoms with Crippen molar-refractivity contribution in [2.75, 3.05) is 25.0 Å². The molecule has 0 radical (unpaired) electrons. The third kappa shape index (κ3) is 3.78. The predicted molar refractivity (Wildman–Crippen MR) is 123 cm³/mol. The smallest absolute Gasteiger partial charge is 0.256 e. The average Bonchev–Trinajstić information content (AvgIpc) is 3.29. The maximum absolute atomic E-state index is 12.8. The Morgan fingerprint density at radius 1 is 1.07 bits per heavy atom. The van der Waals surface area contributed by atoms with Crippen molar-refractivity contribution >= 4 is 52.3 Å². The Morgan fingerprint density at radius 2 is 1.87 bits per heavy atom. The number of fused-ring (bicyclic) bond motifs is 2. The Hall–Kier alpha value is -2.89. The van der Waals surface area contributed by atoms with E-state index in [9.17, 15) is 9.59 Å². The summed E-state index contributed by atoms with van der Waals surface area (Å²) >= 11 is 0. The van der Waals surface area contributed by atoms with Crippen molar-refractivity contribution in [3.05, 3.63) is 65.4 Å². The van der Waals surface area contributed by atoms with E-state index >= 15 is 0 Å². The van der Waals surface area contributed by atoms with Crippen molar-refractivity contribution in [1.29, 1.82) is 0 Å². The molecule has 0 unspecified atom stereocenters. The van der Waals surface area contributed by atoms with E-state index in [1.54, 1.807) is 0 Å². The van der Waals surface area contributed by atoms with Gasteiger partial charge in [0, 0.05) is 45.1 Å². The van der Waals surface area contributed by atoms with Gasteiger partial charge in [-0.2, -0.15) is 0 Å². The van der Waals surface area contributed by atoms with Crippen LogP contribution in [0.1, 0.15) is 40.7 Å². The van der Waals surface area contributed by atoms with Crippen LogP contribution in [-0.4, -0.2) is 41.2 Å². The molecule has 0 spiro atoms. The number of aromatic nitrogens is 1. The molecule has 3 heterocycles. The van der Waals surface area contributed by atoms with E-state index in [-0.39, 0.29) is 24.1 Å². The van der Waals surface area contributed by atoms with Gasteiger partial charge in [-0.1, -0.05) is 24.6 Å². The number of hydrogen-bond acceptors (Lipinski definition) is 3. The van der Waals surface area contributed by atoms with Crippen molar-refractivity contribution in [3.8, 4) is 0 Å². The Labute approximate surface area is 181 Å². The third-order valence-electron chi connectivity index (χ3n) is 5.86. The number of anilines is 1. The number of rotatable bonds is 4. The number of nitrogens with zero attached hydrogens (tertiary/aromatic N) is 1. The summed E-state index contributed by atoms with van der Waals surface area (Å²) < 4.78 is 0. The molecule has 1 saturated heterocycles. The number of likely N-dealkylation sites (tertiary alicyclic amines) is 1. The fourth-order valence-electron chi connectivity index (χ4n) is 4.29. The molecule has 2 aromatic carbocycles. The number of H-pyrrole nitrogens is 1. The minimum atomic E-state index is -0.133. The number of nitrogens with one attached hydrogen (secondary N) is 2. The molecular formula is C24H24ClN3O2. The highest BCUT2D eigenvalue weighted by Crippen LogP contribution is 2.35. The number of carbonyl (C=O) groups is 2. The Balaban J connectivity index is 0.00000218. The van der Waals surface area contributed by atoms with Crippen LogP contribution in [0.2, 0.25) is 0 Å². The first-order valence-corrected chi connectivity index (χ1v) is 10.2. The van der Waals surface area contributed by atoms with Gasteiger partial charge in [0.25, 0.3) is 5.91 Å². The minimum absolute atomic E-state index is 0. The number of halogens is 1. The number of para-hydroxylation sites is 1. The normalized spacial score (nSPS) is 17.6. The van der Waals surface area contributed by atoms with Crippen LogP contribution in [0.3, 0.4) is 0 Å². The van der Waals surface area contributed by atoms with E-state index in [4.69, 9.17) is 0 Å². The second-order valence-electron chi connectivity index (χ2n) is 7.82. The number of ketones is 1. The number of Topliss-reactive ketones (excluding diaryl/α,β-unsaturated/α-hetero) is 1. The van der Waals surface area contributed by atoms with Crippen molar-refractivity contribution in [2.45, 2.75) is 19.3 Å². The maximum atomic E-state index is 12.8. The minimum Gasteiger partial charge on any atom is -0.361 e. The summed E-state index contributed by atoms with van der Waals surface area (Å²) in [5.74, 6) is -0.0218. The third-order valence-corrected chi connectivity index (χ3v) is 5.86. The summed E-state index contributed by atoms with van der Waals surface area (Å²) in [6.07, 6.45) is 7.38. The average molecular weight is 422 g/mol. The van der Waals surface area contributed by atoms with Crippen molar-refractivity contribution in [2.24, 2.45) is 0 Å². The molecule has 0 saturated carbocycles. The van der Waals surface area contributed by atoms with E-state index in [2.05, 4.69) is 15.2 Å². The molecule has 6 heteroatoms. The van der Waals surface area contributed by atoms with E-state index in [1.807, 2.05) is 54.7 Å². The molecule has 2 aliphatic rings. The van der Waals surface area contributed by atoms with Crippen LogP contribution in [0, 0.1) is 0 Å². The molecular weight excluding hydrogens is 398 g/mol. The number of hydrogen-bond donors (Lipinski definition) is 2. The second kappa shape index (κ2) is 8.46. The van der Waals surface area contributed by atoms with Crippen LogP contribution in [0.5, 0.6) is 0 Å². The van der Waals surface area contributed by atoms with Gasteiger partial charge in [0.05, 0.1) is 6.54 Å². The molecule has 2 aliphatic heterocycles. The van der Waals surface area contributed by atoms with Crippen LogP contribution in [0.15, 0.2) is 48.7 Å². The lowest BCUT2D eigenvalue weighted by atomic mass is 9.99. The summed E-state index contributed by atoms with van der Waals surface area (Å²) in [5.41, 5.74) is 4.81. The second-order valence-corrected chi connectivity index (χ2v) is 7.82. The fourth-order valence-corrected chi connectivity index (χ4v) is 4.29. The van der Waals surface area contributed by atoms with Crippen LogP contribution in [0.25, 0.3) is 22.6 Å². The van der Waals surface area contributed by atoms with Gasteiger partial charge in [0.1, 0.15) is 0 Å². The standard InChI is InChI=1S/C24H23N3O2.ClH/c28-23(15-27-10-4-1-5-11-27)16-8-9-22-19(12-16)20(24(29)26-22)13-17-14-25-21-7-3-2-6-18(17)21;/h2-3,6-9,12-14,25H,1,4-5,10-11,15H2,(H,26,29);1H. The van der Waals surface area contributed by atoms with Crippen molar-refractivity contribution in [1.82, 2.24) is 9.88 Å². The zero-order valence-corrected chi connectivity index (χ0v) is 17.4. The van der Waals surface area contributed by atoms with Crippen LogP contribution in [0.4, 0.5) is 5.69 Å². The first kappa shape index (κ1) is 20.4. The number of piperidine rings is 1. The maximum Gasteiger partial charge on any atom is 0.256 e. The van der Waals surface area contributed by atoms with E-state index in [1.165, 1.54) is 6.42 Å². The molecule has 1 aromatic heterocycles. The molecule has 0 atom stereocenters. The zero-order valence-electron chi connectivity index (χ0n) is 16.6. The first-order chi connectivity index (χ1) is 14.2. The van der Waals surface area contributed by atoms with Gasteiger partial charge in [-0.25, -0.2) is 0 Å². The SMILES string of the molecule is Cl.O=C1Nc2ccc(C(=O)CN3CCCCC3)cc2C1=Cc1c[nH]c2ccccc12. The van der Waals surface area contributed by atoms with Gasteiger partial charge < -0.3 is 10.3 Å². The summed E-state index contributed by atoms with van der Waals surface area (Å²) in [4.78, 5) is 30.9. The van der Waals surface area contributed by atoms with Crippen LogP contribution < -0.4 is 5.32 Å². The summed E-state index contributed by atoms with van der Waals surface area (Å²) in [7, 11) is 0. The van der Waals surface area contributed by atoms with Gasteiger partial charge >= 0.3 is 0 Å². The monoisotopic (exact) mass is 421 g/mol. The lowest BCUT2D eigenvalue weighted by Crippen LogP contribution is -2.34. The Kier molecular flexibility index (Phi) is 5.75. The van der Waals surface area contributed by atoms with Gasteiger partial charge in [-0.05, 0) is 56.3 Å². The number of carbonyl (C=O) groups excluding carboxylic acids is 2. The predicted octanol–water partition coefficient (Wildman–Crippen LogP) is 4.75. The molecule has 154 valence electrons. The Morgan fingerprint density at radius 3 is 2.70 bits per heavy atom. The number of aromatic amines is 1. The lowest BCUT2D eigenvalue weighted by molar-refractivity contribution is -0.110. The topological polar surface area (TPSA) is 65.2 Å². The van der Waals surface area contributed by atoms with E-state index in [0.717, 1.165) is 53.6 Å². The van der Waals surface area contributed by atoms with E-state index < -0.39 is 0 Å². The molecule has 5 rings (SSSR count). The van der Waals surface area contributed by atoms with Gasteiger partial charge in [0.15, 0.2) is 5.78 Å². The molecule has 1 amide bonds. The van der Waals surface area contributed by atoms with Gasteiger partial charge in [0.2, 0.25) is 0 Å². The highest BCUT2D eigenvalue weighted by Gasteiger charge is 2.26. The van der Waals surface area contributed by atoms with Gasteiger partial charge in [-0.15, -0.1) is 12.4 Å². The molecule has 5 nitrogen and oxygen atoms in total. The molecule has 0 bridgehead atoms. The molecule has 3 aromatic rings. The Bertz CT molecular complexity index is 1140. The van der Waals surface area contributed by atoms with Gasteiger partial charge in [-0.3, -0.25) is 14.5 Å². The summed E-state index contributed by atoms with van der Waals surface area (Å²) in [6, 6.07) is 13.5.